The van der Waals surface area contributed by atoms with E-state index in [1.807, 2.05) is 4.90 Å². The average molecular weight is 257 g/mol. The van der Waals surface area contributed by atoms with E-state index in [2.05, 4.69) is 0 Å². The molecule has 18 heavy (non-hydrogen) atoms. The van der Waals surface area contributed by atoms with E-state index in [4.69, 9.17) is 9.84 Å². The van der Waals surface area contributed by atoms with Crippen LogP contribution in [0.3, 0.4) is 0 Å². The van der Waals surface area contributed by atoms with Gasteiger partial charge in [0.1, 0.15) is 0 Å². The Bertz CT molecular complexity index is 309. The number of carboxylic acid groups (broad SMARTS) is 1. The maximum atomic E-state index is 12.1. The van der Waals surface area contributed by atoms with Crippen molar-refractivity contribution in [2.24, 2.45) is 0 Å². The maximum absolute atomic E-state index is 12.1. The highest BCUT2D eigenvalue weighted by atomic mass is 16.5. The molecule has 0 radical (unpaired) electrons. The molecule has 2 saturated heterocycles. The minimum absolute atomic E-state index is 0.0493. The van der Waals surface area contributed by atoms with Gasteiger partial charge in [-0.3, -0.25) is 9.69 Å². The Morgan fingerprint density at radius 2 is 1.50 bits per heavy atom. The molecule has 0 spiro atoms. The molecule has 0 aliphatic carbocycles. The van der Waals surface area contributed by atoms with Gasteiger partial charge >= 0.3 is 12.0 Å². The molecule has 0 bridgehead atoms. The summed E-state index contributed by atoms with van der Waals surface area (Å²) in [7, 11) is 0. The molecule has 2 aliphatic rings. The van der Waals surface area contributed by atoms with Crippen LogP contribution in [0.5, 0.6) is 0 Å². The molecule has 0 aromatic heterocycles. The van der Waals surface area contributed by atoms with E-state index < -0.39 is 5.97 Å². The van der Waals surface area contributed by atoms with Gasteiger partial charge in [-0.2, -0.15) is 0 Å². The summed E-state index contributed by atoms with van der Waals surface area (Å²) in [6.45, 7) is 5.01. The van der Waals surface area contributed by atoms with Crippen LogP contribution in [-0.2, 0) is 9.53 Å². The molecule has 2 rings (SSSR count). The number of carbonyl (C=O) groups excluding carboxylic acids is 1. The molecule has 7 heteroatoms. The van der Waals surface area contributed by atoms with E-state index in [0.717, 1.165) is 0 Å². The zero-order valence-electron chi connectivity index (χ0n) is 10.4. The Kier molecular flexibility index (Phi) is 4.38. The second-order valence-corrected chi connectivity index (χ2v) is 4.54. The fourth-order valence-corrected chi connectivity index (χ4v) is 2.24. The lowest BCUT2D eigenvalue weighted by molar-refractivity contribution is -0.138. The molecule has 0 saturated carbocycles. The van der Waals surface area contributed by atoms with Crippen molar-refractivity contribution in [2.45, 2.75) is 0 Å². The number of aliphatic carboxylic acids is 1. The summed E-state index contributed by atoms with van der Waals surface area (Å²) in [4.78, 5) is 28.2. The molecular formula is C11H19N3O4. The topological polar surface area (TPSA) is 73.3 Å². The Balaban J connectivity index is 1.78. The third-order valence-electron chi connectivity index (χ3n) is 3.28. The van der Waals surface area contributed by atoms with E-state index in [1.165, 1.54) is 0 Å². The number of urea groups is 1. The molecule has 2 heterocycles. The number of nitrogens with zero attached hydrogens (tertiary/aromatic N) is 3. The lowest BCUT2D eigenvalue weighted by Crippen LogP contribution is -2.55. The normalized spacial score (nSPS) is 22.0. The van der Waals surface area contributed by atoms with Gasteiger partial charge in [-0.15, -0.1) is 0 Å². The molecular weight excluding hydrogens is 238 g/mol. The Morgan fingerprint density at radius 1 is 0.944 bits per heavy atom. The first-order valence-corrected chi connectivity index (χ1v) is 6.22. The minimum atomic E-state index is -0.817. The molecule has 2 aliphatic heterocycles. The number of rotatable bonds is 2. The van der Waals surface area contributed by atoms with Crippen LogP contribution in [0.15, 0.2) is 0 Å². The van der Waals surface area contributed by atoms with Crippen LogP contribution in [0.4, 0.5) is 4.79 Å². The summed E-state index contributed by atoms with van der Waals surface area (Å²) in [6, 6.07) is 0.0493. The molecule has 0 aromatic carbocycles. The zero-order valence-corrected chi connectivity index (χ0v) is 10.4. The van der Waals surface area contributed by atoms with Gasteiger partial charge in [0.05, 0.1) is 19.8 Å². The fourth-order valence-electron chi connectivity index (χ4n) is 2.24. The summed E-state index contributed by atoms with van der Waals surface area (Å²) in [5, 5.41) is 8.70. The summed E-state index contributed by atoms with van der Waals surface area (Å²) < 4.78 is 5.21. The first-order valence-electron chi connectivity index (χ1n) is 6.22. The van der Waals surface area contributed by atoms with Crippen molar-refractivity contribution in [3.63, 3.8) is 0 Å². The summed E-state index contributed by atoms with van der Waals surface area (Å²) in [5.74, 6) is -0.817. The first kappa shape index (κ1) is 13.1. The van der Waals surface area contributed by atoms with Crippen LogP contribution >= 0.6 is 0 Å². The van der Waals surface area contributed by atoms with Gasteiger partial charge in [0.25, 0.3) is 0 Å². The maximum Gasteiger partial charge on any atom is 0.320 e. The molecule has 102 valence electrons. The van der Waals surface area contributed by atoms with Crippen LogP contribution in [0.1, 0.15) is 0 Å². The number of carboxylic acids is 1. The lowest BCUT2D eigenvalue weighted by atomic mass is 10.3. The van der Waals surface area contributed by atoms with Crippen molar-refractivity contribution >= 4 is 12.0 Å². The standard InChI is InChI=1S/C11H19N3O4/c15-10(16)9-12-1-3-13(4-2-12)11(17)14-5-7-18-8-6-14/h1-9H2,(H,15,16). The number of amides is 2. The van der Waals surface area contributed by atoms with Crippen LogP contribution < -0.4 is 0 Å². The molecule has 0 aromatic rings. The van der Waals surface area contributed by atoms with E-state index in [-0.39, 0.29) is 12.6 Å². The van der Waals surface area contributed by atoms with Crippen molar-refractivity contribution < 1.29 is 19.4 Å². The van der Waals surface area contributed by atoms with Gasteiger partial charge in [-0.05, 0) is 0 Å². The second-order valence-electron chi connectivity index (χ2n) is 4.54. The molecule has 0 unspecified atom stereocenters. The Morgan fingerprint density at radius 3 is 2.06 bits per heavy atom. The number of piperazine rings is 1. The van der Waals surface area contributed by atoms with E-state index >= 15 is 0 Å². The van der Waals surface area contributed by atoms with Crippen molar-refractivity contribution in [1.29, 1.82) is 0 Å². The van der Waals surface area contributed by atoms with Gasteiger partial charge in [0.2, 0.25) is 0 Å². The summed E-state index contributed by atoms with van der Waals surface area (Å²) in [5.41, 5.74) is 0. The lowest BCUT2D eigenvalue weighted by Gasteiger charge is -2.38. The van der Waals surface area contributed by atoms with Gasteiger partial charge in [0, 0.05) is 39.3 Å². The van der Waals surface area contributed by atoms with Crippen molar-refractivity contribution in [1.82, 2.24) is 14.7 Å². The highest BCUT2D eigenvalue weighted by Gasteiger charge is 2.26. The van der Waals surface area contributed by atoms with Gasteiger partial charge in [-0.25, -0.2) is 4.79 Å². The van der Waals surface area contributed by atoms with Crippen molar-refractivity contribution in [2.75, 3.05) is 59.0 Å². The molecule has 2 fully saturated rings. The van der Waals surface area contributed by atoms with Crippen molar-refractivity contribution in [3.05, 3.63) is 0 Å². The third-order valence-corrected chi connectivity index (χ3v) is 3.28. The fraction of sp³-hybridized carbons (Fsp3) is 0.818. The molecule has 7 nitrogen and oxygen atoms in total. The predicted molar refractivity (Wildman–Crippen MR) is 63.4 cm³/mol. The van der Waals surface area contributed by atoms with E-state index in [9.17, 15) is 9.59 Å². The van der Waals surface area contributed by atoms with Crippen LogP contribution in [-0.4, -0.2) is 90.8 Å². The molecule has 1 N–H and O–H groups in total. The SMILES string of the molecule is O=C(O)CN1CCN(C(=O)N2CCOCC2)CC1. The summed E-state index contributed by atoms with van der Waals surface area (Å²) in [6.07, 6.45) is 0. The number of hydrogen-bond donors (Lipinski definition) is 1. The smallest absolute Gasteiger partial charge is 0.320 e. The molecule has 2 amide bonds. The number of carbonyl (C=O) groups is 2. The van der Waals surface area contributed by atoms with E-state index in [0.29, 0.717) is 52.5 Å². The third kappa shape index (κ3) is 3.33. The number of morpholine rings is 1. The number of hydrogen-bond acceptors (Lipinski definition) is 4. The zero-order chi connectivity index (χ0) is 13.0. The predicted octanol–water partition coefficient (Wildman–Crippen LogP) is -0.859. The van der Waals surface area contributed by atoms with Crippen LogP contribution in [0.2, 0.25) is 0 Å². The van der Waals surface area contributed by atoms with Gasteiger partial charge in [0.15, 0.2) is 0 Å². The van der Waals surface area contributed by atoms with Crippen LogP contribution in [0.25, 0.3) is 0 Å². The quantitative estimate of drug-likeness (QED) is 0.697. The highest BCUT2D eigenvalue weighted by Crippen LogP contribution is 2.07. The first-order chi connectivity index (χ1) is 8.66. The minimum Gasteiger partial charge on any atom is -0.480 e. The van der Waals surface area contributed by atoms with Crippen molar-refractivity contribution in [3.8, 4) is 0 Å². The van der Waals surface area contributed by atoms with Crippen LogP contribution in [0, 0.1) is 0 Å². The largest absolute Gasteiger partial charge is 0.480 e. The Labute approximate surface area is 106 Å². The highest BCUT2D eigenvalue weighted by molar-refractivity contribution is 5.74. The van der Waals surface area contributed by atoms with Gasteiger partial charge in [-0.1, -0.05) is 0 Å². The molecule has 0 atom stereocenters. The second kappa shape index (κ2) is 6.01. The number of ether oxygens (including phenoxy) is 1. The van der Waals surface area contributed by atoms with E-state index in [1.54, 1.807) is 9.80 Å². The Hall–Kier alpha value is -1.34. The average Bonchev–Trinajstić information content (AvgIpc) is 2.39. The monoisotopic (exact) mass is 257 g/mol. The van der Waals surface area contributed by atoms with Gasteiger partial charge < -0.3 is 19.6 Å². The summed E-state index contributed by atoms with van der Waals surface area (Å²) >= 11 is 0.